The number of rotatable bonds is 1. The van der Waals surface area contributed by atoms with E-state index < -0.39 is 0 Å². The summed E-state index contributed by atoms with van der Waals surface area (Å²) in [7, 11) is 0. The third-order valence-corrected chi connectivity index (χ3v) is 3.42. The third-order valence-electron chi connectivity index (χ3n) is 3.42. The van der Waals surface area contributed by atoms with Gasteiger partial charge in [0.2, 0.25) is 0 Å². The van der Waals surface area contributed by atoms with Crippen molar-refractivity contribution >= 4 is 5.57 Å². The Morgan fingerprint density at radius 2 is 2.15 bits per heavy atom. The van der Waals surface area contributed by atoms with Crippen LogP contribution in [-0.4, -0.2) is 16.2 Å². The number of imidazole rings is 1. The van der Waals surface area contributed by atoms with Gasteiger partial charge in [0, 0.05) is 12.4 Å². The normalized spacial score (nSPS) is 13.3. The second kappa shape index (κ2) is 6.42. The highest BCUT2D eigenvalue weighted by Gasteiger charge is 2.16. The van der Waals surface area contributed by atoms with Crippen molar-refractivity contribution in [3.8, 4) is 17.1 Å². The average molecular weight is 270 g/mol. The van der Waals surface area contributed by atoms with E-state index in [0.29, 0.717) is 6.61 Å². The van der Waals surface area contributed by atoms with E-state index in [1.165, 1.54) is 11.1 Å². The molecule has 1 aromatic carbocycles. The van der Waals surface area contributed by atoms with Crippen LogP contribution in [0.2, 0.25) is 0 Å². The second-order valence-corrected chi connectivity index (χ2v) is 4.48. The molecule has 0 N–H and O–H groups in total. The molecule has 1 aliphatic rings. The van der Waals surface area contributed by atoms with E-state index in [0.717, 1.165) is 23.7 Å². The highest BCUT2D eigenvalue weighted by molar-refractivity contribution is 5.72. The van der Waals surface area contributed by atoms with Gasteiger partial charge in [0.25, 0.3) is 0 Å². The number of hydrogen-bond donors (Lipinski definition) is 0. The molecule has 0 atom stereocenters. The fourth-order valence-electron chi connectivity index (χ4n) is 2.23. The highest BCUT2D eigenvalue weighted by Crippen LogP contribution is 2.33. The van der Waals surface area contributed by atoms with Gasteiger partial charge in [-0.15, -0.1) is 0 Å². The maximum Gasteiger partial charge on any atom is 0.143 e. The molecule has 1 aliphatic heterocycles. The van der Waals surface area contributed by atoms with Crippen LogP contribution in [0, 0.1) is 0 Å². The van der Waals surface area contributed by atoms with E-state index in [2.05, 4.69) is 47.7 Å². The monoisotopic (exact) mass is 270 g/mol. The summed E-state index contributed by atoms with van der Waals surface area (Å²) in [4.78, 5) is 4.42. The van der Waals surface area contributed by atoms with Gasteiger partial charge in [-0.05, 0) is 37.1 Å². The van der Waals surface area contributed by atoms with Crippen LogP contribution >= 0.6 is 0 Å². The highest BCUT2D eigenvalue weighted by atomic mass is 16.5. The predicted molar refractivity (Wildman–Crippen MR) is 83.8 cm³/mol. The molecule has 2 aromatic rings. The van der Waals surface area contributed by atoms with Crippen molar-refractivity contribution in [3.05, 3.63) is 42.2 Å². The van der Waals surface area contributed by atoms with Crippen molar-refractivity contribution in [3.63, 3.8) is 0 Å². The number of aromatic nitrogens is 2. The van der Waals surface area contributed by atoms with Gasteiger partial charge in [0.1, 0.15) is 18.2 Å². The third kappa shape index (κ3) is 2.62. The number of hydrogen-bond acceptors (Lipinski definition) is 2. The Morgan fingerprint density at radius 3 is 2.90 bits per heavy atom. The first-order valence-electron chi connectivity index (χ1n) is 7.21. The zero-order chi connectivity index (χ0) is 14.5. The van der Waals surface area contributed by atoms with Crippen molar-refractivity contribution in [2.24, 2.45) is 0 Å². The minimum atomic E-state index is 0.689. The minimum absolute atomic E-state index is 0.689. The topological polar surface area (TPSA) is 27.1 Å². The van der Waals surface area contributed by atoms with Crippen molar-refractivity contribution < 1.29 is 4.74 Å². The Bertz CT molecular complexity index is 611. The molecule has 106 valence electrons. The van der Waals surface area contributed by atoms with Crippen LogP contribution in [0.25, 0.3) is 17.0 Å². The standard InChI is InChI=1S/C15H16N2O.C2H6/c1-3-11(2)12-4-5-13-14(10-12)18-9-8-17-7-6-16-15(13)17;1-2/h3-7,10H,8-9H2,1-2H3;1-2H3/b11-3+;. The SMILES string of the molecule is C/C=C(\C)c1ccc2c(c1)OCCn1ccnc1-2.CC. The summed E-state index contributed by atoms with van der Waals surface area (Å²) in [5.74, 6) is 1.92. The Kier molecular flexibility index (Phi) is 4.61. The molecule has 20 heavy (non-hydrogen) atoms. The summed E-state index contributed by atoms with van der Waals surface area (Å²) in [6.07, 6.45) is 5.95. The van der Waals surface area contributed by atoms with Crippen LogP contribution in [0.15, 0.2) is 36.7 Å². The summed E-state index contributed by atoms with van der Waals surface area (Å²) < 4.78 is 7.97. The molecule has 0 bridgehead atoms. The maximum absolute atomic E-state index is 5.84. The molecule has 0 saturated carbocycles. The van der Waals surface area contributed by atoms with Crippen LogP contribution in [0.1, 0.15) is 33.3 Å². The first kappa shape index (κ1) is 14.4. The van der Waals surface area contributed by atoms with Gasteiger partial charge in [-0.1, -0.05) is 26.0 Å². The Hall–Kier alpha value is -2.03. The van der Waals surface area contributed by atoms with Gasteiger partial charge in [-0.25, -0.2) is 4.98 Å². The molecular formula is C17H22N2O. The van der Waals surface area contributed by atoms with Crippen LogP contribution in [-0.2, 0) is 6.54 Å². The lowest BCUT2D eigenvalue weighted by Gasteiger charge is -2.09. The summed E-state index contributed by atoms with van der Waals surface area (Å²) in [5.41, 5.74) is 3.54. The van der Waals surface area contributed by atoms with E-state index in [1.807, 2.05) is 26.2 Å². The Morgan fingerprint density at radius 1 is 1.35 bits per heavy atom. The number of nitrogens with zero attached hydrogens (tertiary/aromatic N) is 2. The van der Waals surface area contributed by atoms with Gasteiger partial charge in [0.15, 0.2) is 0 Å². The van der Waals surface area contributed by atoms with Gasteiger partial charge >= 0.3 is 0 Å². The average Bonchev–Trinajstić information content (AvgIpc) is 2.90. The fraction of sp³-hybridized carbons (Fsp3) is 0.353. The lowest BCUT2D eigenvalue weighted by atomic mass is 10.0. The van der Waals surface area contributed by atoms with Gasteiger partial charge in [0.05, 0.1) is 12.1 Å². The molecule has 0 saturated heterocycles. The fourth-order valence-corrected chi connectivity index (χ4v) is 2.23. The van der Waals surface area contributed by atoms with Gasteiger partial charge < -0.3 is 9.30 Å². The maximum atomic E-state index is 5.84. The molecule has 0 aliphatic carbocycles. The zero-order valence-corrected chi connectivity index (χ0v) is 12.7. The van der Waals surface area contributed by atoms with Gasteiger partial charge in [-0.2, -0.15) is 0 Å². The molecule has 1 aromatic heterocycles. The quantitative estimate of drug-likeness (QED) is 0.768. The van der Waals surface area contributed by atoms with E-state index in [-0.39, 0.29) is 0 Å². The van der Waals surface area contributed by atoms with Crippen molar-refractivity contribution in [2.45, 2.75) is 34.2 Å². The zero-order valence-electron chi connectivity index (χ0n) is 12.7. The largest absolute Gasteiger partial charge is 0.491 e. The minimum Gasteiger partial charge on any atom is -0.491 e. The number of benzene rings is 1. The Labute approximate surface area is 120 Å². The van der Waals surface area contributed by atoms with Crippen LogP contribution < -0.4 is 4.74 Å². The van der Waals surface area contributed by atoms with Crippen LogP contribution in [0.3, 0.4) is 0 Å². The summed E-state index contributed by atoms with van der Waals surface area (Å²) in [6.45, 7) is 9.70. The first-order valence-corrected chi connectivity index (χ1v) is 7.21. The summed E-state index contributed by atoms with van der Waals surface area (Å²) in [5, 5.41) is 0. The second-order valence-electron chi connectivity index (χ2n) is 4.48. The molecule has 0 radical (unpaired) electrons. The van der Waals surface area contributed by atoms with Gasteiger partial charge in [-0.3, -0.25) is 0 Å². The van der Waals surface area contributed by atoms with E-state index in [1.54, 1.807) is 0 Å². The molecule has 0 unspecified atom stereocenters. The number of fused-ring (bicyclic) bond motifs is 3. The molecular weight excluding hydrogens is 248 g/mol. The lowest BCUT2D eigenvalue weighted by molar-refractivity contribution is 0.306. The molecule has 3 rings (SSSR count). The van der Waals surface area contributed by atoms with Crippen molar-refractivity contribution in [2.75, 3.05) is 6.61 Å². The summed E-state index contributed by atoms with van der Waals surface area (Å²) in [6, 6.07) is 6.33. The van der Waals surface area contributed by atoms with Crippen LogP contribution in [0.4, 0.5) is 0 Å². The molecule has 0 spiro atoms. The Balaban J connectivity index is 0.000000704. The molecule has 3 heteroatoms. The predicted octanol–water partition coefficient (Wildman–Crippen LogP) is 4.39. The van der Waals surface area contributed by atoms with E-state index >= 15 is 0 Å². The number of ether oxygens (including phenoxy) is 1. The molecule has 0 fully saturated rings. The van der Waals surface area contributed by atoms with E-state index in [4.69, 9.17) is 4.74 Å². The summed E-state index contributed by atoms with van der Waals surface area (Å²) >= 11 is 0. The first-order chi connectivity index (χ1) is 9.79. The van der Waals surface area contributed by atoms with E-state index in [9.17, 15) is 0 Å². The van der Waals surface area contributed by atoms with Crippen molar-refractivity contribution in [1.82, 2.24) is 9.55 Å². The molecule has 2 heterocycles. The van der Waals surface area contributed by atoms with Crippen molar-refractivity contribution in [1.29, 1.82) is 0 Å². The number of allylic oxidation sites excluding steroid dienone is 2. The smallest absolute Gasteiger partial charge is 0.143 e. The lowest BCUT2D eigenvalue weighted by Crippen LogP contribution is -2.04. The molecule has 0 amide bonds. The van der Waals surface area contributed by atoms with Crippen LogP contribution in [0.5, 0.6) is 5.75 Å². The molecule has 3 nitrogen and oxygen atoms in total.